The smallest absolute Gasteiger partial charge is 0.340 e. The molecule has 1 saturated heterocycles. The topological polar surface area (TPSA) is 80.0 Å². The van der Waals surface area contributed by atoms with Crippen molar-refractivity contribution in [3.63, 3.8) is 0 Å². The highest BCUT2D eigenvalue weighted by Crippen LogP contribution is 2.40. The van der Waals surface area contributed by atoms with Crippen LogP contribution in [0.5, 0.6) is 5.75 Å². The number of nitrogens with zero attached hydrogens (tertiary/aromatic N) is 1. The Morgan fingerprint density at radius 1 is 1.22 bits per heavy atom. The van der Waals surface area contributed by atoms with Crippen LogP contribution in [0.25, 0.3) is 11.0 Å². The molecule has 2 atom stereocenters. The van der Waals surface area contributed by atoms with Crippen LogP contribution in [0.4, 0.5) is 4.39 Å². The zero-order chi connectivity index (χ0) is 26.3. The molecule has 2 unspecified atom stereocenters. The quantitative estimate of drug-likeness (QED) is 0.404. The van der Waals surface area contributed by atoms with E-state index in [1.807, 2.05) is 13.0 Å². The molecule has 5 rings (SSSR count). The van der Waals surface area contributed by atoms with Crippen LogP contribution in [0.15, 0.2) is 44.0 Å². The predicted molar refractivity (Wildman–Crippen MR) is 142 cm³/mol. The van der Waals surface area contributed by atoms with E-state index in [1.165, 1.54) is 6.07 Å². The van der Waals surface area contributed by atoms with Crippen LogP contribution in [-0.4, -0.2) is 34.6 Å². The Kier molecular flexibility index (Phi) is 7.16. The zero-order valence-electron chi connectivity index (χ0n) is 21.1. The van der Waals surface area contributed by atoms with Crippen molar-refractivity contribution >= 4 is 32.8 Å². The van der Waals surface area contributed by atoms with Crippen LogP contribution >= 0.6 is 15.9 Å². The number of carbonyl (C=O) groups is 1. The van der Waals surface area contributed by atoms with Crippen molar-refractivity contribution in [3.05, 3.63) is 73.3 Å². The number of benzene rings is 2. The summed E-state index contributed by atoms with van der Waals surface area (Å²) in [6, 6.07) is 8.38. The summed E-state index contributed by atoms with van der Waals surface area (Å²) in [6.07, 6.45) is 4.39. The first-order valence-electron chi connectivity index (χ1n) is 12.8. The van der Waals surface area contributed by atoms with Gasteiger partial charge in [-0.05, 0) is 62.9 Å². The molecule has 2 fully saturated rings. The highest BCUT2D eigenvalue weighted by atomic mass is 79.9. The Morgan fingerprint density at radius 3 is 2.81 bits per heavy atom. The van der Waals surface area contributed by atoms with Crippen molar-refractivity contribution < 1.29 is 23.4 Å². The lowest BCUT2D eigenvalue weighted by molar-refractivity contribution is -0.142. The average Bonchev–Trinajstić information content (AvgIpc) is 2.86. The van der Waals surface area contributed by atoms with E-state index in [2.05, 4.69) is 15.9 Å². The molecule has 6 nitrogen and oxygen atoms in total. The summed E-state index contributed by atoms with van der Waals surface area (Å²) in [5.74, 6) is 0.108. The fourth-order valence-electron chi connectivity index (χ4n) is 5.79. The molecule has 1 aliphatic heterocycles. The van der Waals surface area contributed by atoms with Gasteiger partial charge in [-0.3, -0.25) is 4.79 Å². The number of halogens is 2. The first kappa shape index (κ1) is 25.9. The SMILES string of the molecule is Cc1c(CC(=O)N2CCC3(O)CCCCC3C2)c(=O)oc2c(C)c(OCc3ccc(Br)cc3F)ccc12. The third kappa shape index (κ3) is 5.06. The monoisotopic (exact) mass is 571 g/mol. The molecule has 8 heteroatoms. The summed E-state index contributed by atoms with van der Waals surface area (Å²) in [5, 5.41) is 11.7. The lowest BCUT2D eigenvalue weighted by Gasteiger charge is -2.47. The second kappa shape index (κ2) is 10.2. The van der Waals surface area contributed by atoms with Crippen molar-refractivity contribution in [1.29, 1.82) is 0 Å². The van der Waals surface area contributed by atoms with Crippen LogP contribution in [-0.2, 0) is 17.8 Å². The van der Waals surface area contributed by atoms with Gasteiger partial charge in [0.05, 0.1) is 17.6 Å². The van der Waals surface area contributed by atoms with E-state index >= 15 is 0 Å². The minimum absolute atomic E-state index is 0.0323. The number of amides is 1. The van der Waals surface area contributed by atoms with Crippen LogP contribution in [0, 0.1) is 25.6 Å². The number of hydrogen-bond donors (Lipinski definition) is 1. The molecule has 1 amide bonds. The number of aryl methyl sites for hydroxylation is 2. The largest absolute Gasteiger partial charge is 0.488 e. The number of aliphatic hydroxyl groups is 1. The fraction of sp³-hybridized carbons (Fsp3) is 0.448. The van der Waals surface area contributed by atoms with Crippen LogP contribution in [0.1, 0.15) is 54.4 Å². The fourth-order valence-corrected chi connectivity index (χ4v) is 6.12. The summed E-state index contributed by atoms with van der Waals surface area (Å²) >= 11 is 3.25. The highest BCUT2D eigenvalue weighted by molar-refractivity contribution is 9.10. The average molecular weight is 572 g/mol. The van der Waals surface area contributed by atoms with E-state index in [0.717, 1.165) is 31.1 Å². The molecule has 37 heavy (non-hydrogen) atoms. The van der Waals surface area contributed by atoms with Crippen molar-refractivity contribution in [2.45, 2.75) is 64.6 Å². The van der Waals surface area contributed by atoms with E-state index in [4.69, 9.17) is 9.15 Å². The van der Waals surface area contributed by atoms with Gasteiger partial charge in [0, 0.05) is 40.0 Å². The first-order valence-corrected chi connectivity index (χ1v) is 13.6. The van der Waals surface area contributed by atoms with E-state index in [-0.39, 0.29) is 30.7 Å². The van der Waals surface area contributed by atoms with Crippen molar-refractivity contribution in [1.82, 2.24) is 4.90 Å². The van der Waals surface area contributed by atoms with Gasteiger partial charge in [-0.15, -0.1) is 0 Å². The van der Waals surface area contributed by atoms with Gasteiger partial charge in [0.2, 0.25) is 5.91 Å². The third-order valence-corrected chi connectivity index (χ3v) is 8.65. The summed E-state index contributed by atoms with van der Waals surface area (Å²) in [4.78, 5) is 28.0. The van der Waals surface area contributed by atoms with Gasteiger partial charge in [0.1, 0.15) is 23.8 Å². The molecule has 196 valence electrons. The van der Waals surface area contributed by atoms with Gasteiger partial charge in [-0.1, -0.05) is 34.8 Å². The minimum Gasteiger partial charge on any atom is -0.488 e. The predicted octanol–water partition coefficient (Wildman–Crippen LogP) is 5.59. The molecule has 1 saturated carbocycles. The molecule has 0 radical (unpaired) electrons. The maximum atomic E-state index is 14.2. The molecule has 1 N–H and O–H groups in total. The molecule has 0 spiro atoms. The van der Waals surface area contributed by atoms with Gasteiger partial charge in [0.25, 0.3) is 0 Å². The number of fused-ring (bicyclic) bond motifs is 2. The molecule has 2 aliphatic rings. The number of carbonyl (C=O) groups excluding carboxylic acids is 1. The molecule has 3 aromatic rings. The summed E-state index contributed by atoms with van der Waals surface area (Å²) in [5.41, 5.74) is 1.32. The summed E-state index contributed by atoms with van der Waals surface area (Å²) in [6.45, 7) is 4.69. The Balaban J connectivity index is 1.35. The number of piperidine rings is 1. The van der Waals surface area contributed by atoms with Crippen molar-refractivity contribution in [2.75, 3.05) is 13.1 Å². The second-order valence-corrected chi connectivity index (χ2v) is 11.3. The van der Waals surface area contributed by atoms with Crippen molar-refractivity contribution in [3.8, 4) is 5.75 Å². The van der Waals surface area contributed by atoms with Gasteiger partial charge >= 0.3 is 5.63 Å². The number of likely N-dealkylation sites (tertiary alicyclic amines) is 1. The number of hydrogen-bond acceptors (Lipinski definition) is 5. The summed E-state index contributed by atoms with van der Waals surface area (Å²) < 4.78 is 26.4. The Labute approximate surface area is 223 Å². The van der Waals surface area contributed by atoms with E-state index in [9.17, 15) is 19.1 Å². The van der Waals surface area contributed by atoms with Crippen LogP contribution in [0.2, 0.25) is 0 Å². The Morgan fingerprint density at radius 2 is 2.03 bits per heavy atom. The maximum Gasteiger partial charge on any atom is 0.340 e. The highest BCUT2D eigenvalue weighted by Gasteiger charge is 2.43. The number of ether oxygens (including phenoxy) is 1. The summed E-state index contributed by atoms with van der Waals surface area (Å²) in [7, 11) is 0. The molecule has 1 aromatic heterocycles. The van der Waals surface area contributed by atoms with Crippen LogP contribution in [0.3, 0.4) is 0 Å². The Hall–Kier alpha value is -2.71. The van der Waals surface area contributed by atoms with E-state index < -0.39 is 11.2 Å². The molecule has 1 aliphatic carbocycles. The van der Waals surface area contributed by atoms with Crippen LogP contribution < -0.4 is 10.4 Å². The normalized spacial score (nSPS) is 21.6. The van der Waals surface area contributed by atoms with Gasteiger partial charge in [-0.25, -0.2) is 9.18 Å². The van der Waals surface area contributed by atoms with Gasteiger partial charge in [0.15, 0.2) is 0 Å². The van der Waals surface area contributed by atoms with E-state index in [1.54, 1.807) is 30.0 Å². The minimum atomic E-state index is -0.659. The molecular weight excluding hydrogens is 541 g/mol. The first-order chi connectivity index (χ1) is 17.7. The Bertz CT molecular complexity index is 1420. The standard InChI is InChI=1S/C29H31BrFNO5/c1-17-22-8-9-25(36-16-19-6-7-21(30)13-24(19)31)18(2)27(22)37-28(34)23(17)14-26(33)32-12-11-29(35)10-4-3-5-20(29)15-32/h6-9,13,20,35H,3-5,10-12,14-16H2,1-2H3. The van der Waals surface area contributed by atoms with Gasteiger partial charge < -0.3 is 19.2 Å². The lowest BCUT2D eigenvalue weighted by atomic mass is 9.71. The van der Waals surface area contributed by atoms with Gasteiger partial charge in [-0.2, -0.15) is 0 Å². The zero-order valence-corrected chi connectivity index (χ0v) is 22.7. The molecule has 0 bridgehead atoms. The maximum absolute atomic E-state index is 14.2. The third-order valence-electron chi connectivity index (χ3n) is 8.16. The lowest BCUT2D eigenvalue weighted by Crippen LogP contribution is -2.55. The number of rotatable bonds is 5. The van der Waals surface area contributed by atoms with E-state index in [0.29, 0.717) is 57.6 Å². The van der Waals surface area contributed by atoms with Crippen molar-refractivity contribution in [2.24, 2.45) is 5.92 Å². The molecule has 2 aromatic carbocycles. The molecular formula is C29H31BrFNO5. The second-order valence-electron chi connectivity index (χ2n) is 10.4. The molecule has 2 heterocycles.